The quantitative estimate of drug-likeness (QED) is 0.695. The van der Waals surface area contributed by atoms with E-state index >= 15 is 0 Å². The molecule has 0 aromatic carbocycles. The molecule has 0 saturated heterocycles. The van der Waals surface area contributed by atoms with Crippen molar-refractivity contribution >= 4 is 0 Å². The van der Waals surface area contributed by atoms with Gasteiger partial charge >= 0.3 is 0 Å². The van der Waals surface area contributed by atoms with Crippen molar-refractivity contribution in [3.05, 3.63) is 0 Å². The molecule has 23 heavy (non-hydrogen) atoms. The fourth-order valence-electron chi connectivity index (χ4n) is 7.66. The summed E-state index contributed by atoms with van der Waals surface area (Å²) in [5.41, 5.74) is 0.392. The number of aliphatic hydroxyl groups is 3. The van der Waals surface area contributed by atoms with Crippen LogP contribution in [0, 0.1) is 40.4 Å². The molecule has 0 radical (unpaired) electrons. The molecule has 0 bridgehead atoms. The van der Waals surface area contributed by atoms with Gasteiger partial charge in [-0.2, -0.15) is 0 Å². The maximum absolute atomic E-state index is 10.5. The Morgan fingerprint density at radius 1 is 0.826 bits per heavy atom. The van der Waals surface area contributed by atoms with Crippen molar-refractivity contribution in [2.24, 2.45) is 40.4 Å². The number of rotatable bonds is 1. The van der Waals surface area contributed by atoms with Crippen LogP contribution in [0.5, 0.6) is 0 Å². The van der Waals surface area contributed by atoms with E-state index in [4.69, 9.17) is 0 Å². The van der Waals surface area contributed by atoms with E-state index < -0.39 is 0 Å². The largest absolute Gasteiger partial charge is 0.396 e. The lowest BCUT2D eigenvalue weighted by atomic mass is 9.43. The van der Waals surface area contributed by atoms with Gasteiger partial charge < -0.3 is 15.3 Å². The summed E-state index contributed by atoms with van der Waals surface area (Å²) in [6, 6.07) is 0. The highest BCUT2D eigenvalue weighted by Crippen LogP contribution is 2.67. The summed E-state index contributed by atoms with van der Waals surface area (Å²) in [6.07, 6.45) is 8.27. The molecular formula is C20H34O3. The molecule has 4 fully saturated rings. The molecule has 0 aromatic rings. The Morgan fingerprint density at radius 2 is 1.52 bits per heavy atom. The summed E-state index contributed by atoms with van der Waals surface area (Å²) in [4.78, 5) is 0. The Morgan fingerprint density at radius 3 is 2.26 bits per heavy atom. The van der Waals surface area contributed by atoms with Gasteiger partial charge in [0.2, 0.25) is 0 Å². The van der Waals surface area contributed by atoms with Gasteiger partial charge in [-0.3, -0.25) is 0 Å². The Kier molecular flexibility index (Phi) is 3.87. The van der Waals surface area contributed by atoms with Crippen LogP contribution in [0.25, 0.3) is 0 Å². The molecule has 0 amide bonds. The van der Waals surface area contributed by atoms with Gasteiger partial charge in [-0.25, -0.2) is 0 Å². The van der Waals surface area contributed by atoms with Crippen molar-refractivity contribution in [1.29, 1.82) is 0 Å². The third-order valence-electron chi connectivity index (χ3n) is 9.00. The molecule has 3 nitrogen and oxygen atoms in total. The Bertz CT molecular complexity index is 466. The Balaban J connectivity index is 1.68. The standard InChI is InChI=1S/C20H34O3/c1-19-7-5-13(22)10-17(19)12(11-21)9-14-15-3-4-18(23)20(15,2)8-6-16(14)19/h12-18,21-23H,3-11H2,1-2H3/t12?,13-,14-,15-,16-,17+,18-,19+,20-/m0/s1. The number of fused-ring (bicyclic) bond motifs is 5. The second kappa shape index (κ2) is 5.44. The van der Waals surface area contributed by atoms with Crippen molar-refractivity contribution in [2.75, 3.05) is 6.61 Å². The predicted molar refractivity (Wildman–Crippen MR) is 89.7 cm³/mol. The van der Waals surface area contributed by atoms with Gasteiger partial charge in [-0.1, -0.05) is 13.8 Å². The van der Waals surface area contributed by atoms with Crippen LogP contribution in [0.1, 0.15) is 65.2 Å². The lowest BCUT2D eigenvalue weighted by molar-refractivity contribution is -0.161. The van der Waals surface area contributed by atoms with Gasteiger partial charge in [0.15, 0.2) is 0 Å². The van der Waals surface area contributed by atoms with Gasteiger partial charge in [0.05, 0.1) is 12.2 Å². The first-order chi connectivity index (χ1) is 10.9. The zero-order valence-electron chi connectivity index (χ0n) is 14.7. The van der Waals surface area contributed by atoms with Crippen LogP contribution in [-0.4, -0.2) is 34.1 Å². The minimum Gasteiger partial charge on any atom is -0.396 e. The highest BCUT2D eigenvalue weighted by Gasteiger charge is 2.61. The first-order valence-electron chi connectivity index (χ1n) is 9.87. The molecule has 4 rings (SSSR count). The highest BCUT2D eigenvalue weighted by atomic mass is 16.3. The molecule has 1 unspecified atom stereocenters. The first kappa shape index (κ1) is 16.4. The number of aliphatic hydroxyl groups excluding tert-OH is 3. The molecule has 0 aliphatic heterocycles. The fraction of sp³-hybridized carbons (Fsp3) is 1.00. The highest BCUT2D eigenvalue weighted by molar-refractivity contribution is 5.10. The van der Waals surface area contributed by atoms with E-state index in [0.29, 0.717) is 23.7 Å². The van der Waals surface area contributed by atoms with Crippen LogP contribution >= 0.6 is 0 Å². The summed E-state index contributed by atoms with van der Waals surface area (Å²) in [6.45, 7) is 5.04. The monoisotopic (exact) mass is 322 g/mol. The maximum atomic E-state index is 10.5. The first-order valence-corrected chi connectivity index (χ1v) is 9.87. The van der Waals surface area contributed by atoms with Gasteiger partial charge in [-0.05, 0) is 91.8 Å². The van der Waals surface area contributed by atoms with Crippen molar-refractivity contribution in [3.8, 4) is 0 Å². The van der Waals surface area contributed by atoms with Crippen molar-refractivity contribution in [2.45, 2.75) is 77.4 Å². The summed E-state index contributed by atoms with van der Waals surface area (Å²) in [5, 5.41) is 30.8. The van der Waals surface area contributed by atoms with E-state index in [2.05, 4.69) is 13.8 Å². The minimum atomic E-state index is -0.166. The average molecular weight is 322 g/mol. The lowest BCUT2D eigenvalue weighted by Gasteiger charge is -2.62. The molecule has 4 saturated carbocycles. The van der Waals surface area contributed by atoms with Gasteiger partial charge in [-0.15, -0.1) is 0 Å². The second-order valence-corrected chi connectivity index (χ2v) is 9.73. The zero-order chi connectivity index (χ0) is 16.4. The Labute approximate surface area is 140 Å². The lowest BCUT2D eigenvalue weighted by Crippen LogP contribution is -2.57. The van der Waals surface area contributed by atoms with Crippen molar-refractivity contribution in [1.82, 2.24) is 0 Å². The molecular weight excluding hydrogens is 288 g/mol. The molecule has 0 aromatic heterocycles. The predicted octanol–water partition coefficient (Wildman–Crippen LogP) is 2.97. The second-order valence-electron chi connectivity index (χ2n) is 9.73. The third-order valence-corrected chi connectivity index (χ3v) is 9.00. The van der Waals surface area contributed by atoms with E-state index in [0.717, 1.165) is 44.4 Å². The Hall–Kier alpha value is -0.120. The van der Waals surface area contributed by atoms with Crippen LogP contribution in [-0.2, 0) is 0 Å². The van der Waals surface area contributed by atoms with Crippen molar-refractivity contribution in [3.63, 3.8) is 0 Å². The van der Waals surface area contributed by atoms with E-state index in [1.54, 1.807) is 0 Å². The summed E-state index contributed by atoms with van der Waals surface area (Å²) in [5.74, 6) is 2.85. The molecule has 9 atom stereocenters. The molecule has 3 N–H and O–H groups in total. The molecule has 132 valence electrons. The topological polar surface area (TPSA) is 60.7 Å². The van der Waals surface area contributed by atoms with Crippen LogP contribution in [0.15, 0.2) is 0 Å². The van der Waals surface area contributed by atoms with E-state index in [1.165, 1.54) is 12.8 Å². The van der Waals surface area contributed by atoms with Crippen LogP contribution in [0.3, 0.4) is 0 Å². The smallest absolute Gasteiger partial charge is 0.0596 e. The molecule has 4 aliphatic rings. The fourth-order valence-corrected chi connectivity index (χ4v) is 7.66. The normalized spacial score (nSPS) is 59.1. The van der Waals surface area contributed by atoms with E-state index in [-0.39, 0.29) is 29.6 Å². The van der Waals surface area contributed by atoms with Crippen LogP contribution in [0.2, 0.25) is 0 Å². The van der Waals surface area contributed by atoms with Crippen molar-refractivity contribution < 1.29 is 15.3 Å². The van der Waals surface area contributed by atoms with Crippen LogP contribution in [0.4, 0.5) is 0 Å². The molecule has 0 heterocycles. The molecule has 3 heteroatoms. The zero-order valence-corrected chi connectivity index (χ0v) is 14.7. The van der Waals surface area contributed by atoms with Gasteiger partial charge in [0.25, 0.3) is 0 Å². The molecule has 4 aliphatic carbocycles. The number of hydrogen-bond acceptors (Lipinski definition) is 3. The van der Waals surface area contributed by atoms with Gasteiger partial charge in [0.1, 0.15) is 0 Å². The van der Waals surface area contributed by atoms with E-state index in [1.807, 2.05) is 0 Å². The maximum Gasteiger partial charge on any atom is 0.0596 e. The van der Waals surface area contributed by atoms with E-state index in [9.17, 15) is 15.3 Å². The SMILES string of the molecule is C[C@]12CC[C@H](O)C[C@@H]1C(CO)C[C@@H]1[C@@H]2CC[C@]2(C)[C@@H](O)CC[C@@H]12. The van der Waals surface area contributed by atoms with Gasteiger partial charge in [0, 0.05) is 6.61 Å². The molecule has 0 spiro atoms. The third kappa shape index (κ3) is 2.19. The minimum absolute atomic E-state index is 0.110. The number of hydrogen-bond donors (Lipinski definition) is 3. The average Bonchev–Trinajstić information content (AvgIpc) is 2.83. The van der Waals surface area contributed by atoms with Crippen LogP contribution < -0.4 is 0 Å². The summed E-state index contributed by atoms with van der Waals surface area (Å²) in [7, 11) is 0. The summed E-state index contributed by atoms with van der Waals surface area (Å²) < 4.78 is 0. The summed E-state index contributed by atoms with van der Waals surface area (Å²) >= 11 is 0.